The van der Waals surface area contributed by atoms with Crippen LogP contribution in [0.3, 0.4) is 0 Å². The van der Waals surface area contributed by atoms with Crippen LogP contribution in [0.1, 0.15) is 59.3 Å². The maximum Gasteiger partial charge on any atom is 0.414 e. The molecular weight excluding hydrogens is 376 g/mol. The molecule has 0 radical (unpaired) electrons. The fraction of sp³-hybridized carbons (Fsp3) is 0.682. The molecule has 0 N–H and O–H groups in total. The average Bonchev–Trinajstić information content (AvgIpc) is 2.67. The minimum Gasteiger partial charge on any atom is -0.494 e. The fourth-order valence-electron chi connectivity index (χ4n) is 3.48. The number of anilines is 1. The number of ether oxygens (including phenoxy) is 2. The molecule has 1 aromatic carbocycles. The van der Waals surface area contributed by atoms with Gasteiger partial charge >= 0.3 is 6.09 Å². The van der Waals surface area contributed by atoms with E-state index in [9.17, 15) is 4.79 Å². The first kappa shape index (κ1) is 24.6. The van der Waals surface area contributed by atoms with Gasteiger partial charge in [0.05, 0.1) is 12.3 Å². The van der Waals surface area contributed by atoms with Crippen LogP contribution in [0.4, 0.5) is 10.5 Å². The Morgan fingerprint density at radius 3 is 2.61 bits per heavy atom. The lowest BCUT2D eigenvalue weighted by atomic mass is 10.1. The molecule has 0 aliphatic carbocycles. The van der Waals surface area contributed by atoms with E-state index in [1.807, 2.05) is 38.1 Å². The van der Waals surface area contributed by atoms with Crippen molar-refractivity contribution in [1.82, 2.24) is 4.90 Å². The van der Waals surface area contributed by atoms with Crippen molar-refractivity contribution >= 4 is 24.2 Å². The number of likely N-dealkylation sites (tertiary alicyclic amines) is 1. The summed E-state index contributed by atoms with van der Waals surface area (Å²) in [6, 6.07) is 7.72. The van der Waals surface area contributed by atoms with Gasteiger partial charge in [-0.1, -0.05) is 32.3 Å². The lowest BCUT2D eigenvalue weighted by Crippen LogP contribution is -2.40. The van der Waals surface area contributed by atoms with Crippen molar-refractivity contribution in [2.75, 3.05) is 37.7 Å². The summed E-state index contributed by atoms with van der Waals surface area (Å²) in [5, 5.41) is 0. The summed E-state index contributed by atoms with van der Waals surface area (Å²) in [5.41, 5.74) is 0.820. The van der Waals surface area contributed by atoms with Gasteiger partial charge in [0.15, 0.2) is 0 Å². The van der Waals surface area contributed by atoms with Crippen LogP contribution in [0.5, 0.6) is 5.75 Å². The van der Waals surface area contributed by atoms with Crippen LogP contribution < -0.4 is 9.64 Å². The molecule has 5 nitrogen and oxygen atoms in total. The number of carbonyl (C=O) groups is 1. The molecule has 1 aromatic rings. The Morgan fingerprint density at radius 2 is 1.93 bits per heavy atom. The molecular formula is C22H37ClN2O3. The number of nitrogens with zero attached hydrogens (tertiary/aromatic N) is 2. The van der Waals surface area contributed by atoms with Gasteiger partial charge in [0.25, 0.3) is 0 Å². The SMILES string of the molecule is CCCCCOc1cccc(N(CC)C(=O)OC(C)CN2CCCCC2)c1.Cl. The van der Waals surface area contributed by atoms with Crippen molar-refractivity contribution < 1.29 is 14.3 Å². The molecule has 1 atom stereocenters. The van der Waals surface area contributed by atoms with Crippen LogP contribution in [-0.4, -0.2) is 49.9 Å². The molecule has 28 heavy (non-hydrogen) atoms. The standard InChI is InChI=1S/C22H36N2O3.ClH/c1-4-6-10-16-26-21-13-11-12-20(17-21)24(5-2)22(25)27-19(3)18-23-14-8-7-9-15-23;/h11-13,17,19H,4-10,14-16,18H2,1-3H3;1H. The first-order chi connectivity index (χ1) is 13.1. The molecule has 1 unspecified atom stereocenters. The number of benzene rings is 1. The summed E-state index contributed by atoms with van der Waals surface area (Å²) in [7, 11) is 0. The molecule has 6 heteroatoms. The fourth-order valence-corrected chi connectivity index (χ4v) is 3.48. The van der Waals surface area contributed by atoms with Crippen molar-refractivity contribution in [1.29, 1.82) is 0 Å². The first-order valence-corrected chi connectivity index (χ1v) is 10.6. The Labute approximate surface area is 176 Å². The lowest BCUT2D eigenvalue weighted by molar-refractivity contribution is 0.0788. The van der Waals surface area contributed by atoms with Gasteiger partial charge in [0.2, 0.25) is 0 Å². The minimum atomic E-state index is -0.287. The highest BCUT2D eigenvalue weighted by Crippen LogP contribution is 2.22. The summed E-state index contributed by atoms with van der Waals surface area (Å²) >= 11 is 0. The summed E-state index contributed by atoms with van der Waals surface area (Å²) in [6.45, 7) is 10.4. The molecule has 0 spiro atoms. The highest BCUT2D eigenvalue weighted by Gasteiger charge is 2.21. The zero-order valence-corrected chi connectivity index (χ0v) is 18.5. The van der Waals surface area contributed by atoms with Gasteiger partial charge in [-0.2, -0.15) is 0 Å². The van der Waals surface area contributed by atoms with Gasteiger partial charge in [-0.05, 0) is 58.3 Å². The topological polar surface area (TPSA) is 42.0 Å². The maximum atomic E-state index is 12.7. The van der Waals surface area contributed by atoms with E-state index in [-0.39, 0.29) is 24.6 Å². The number of hydrogen-bond acceptors (Lipinski definition) is 4. The molecule has 0 saturated carbocycles. The second-order valence-corrected chi connectivity index (χ2v) is 7.35. The van der Waals surface area contributed by atoms with Crippen LogP contribution in [-0.2, 0) is 4.74 Å². The normalized spacial score (nSPS) is 15.4. The van der Waals surface area contributed by atoms with E-state index >= 15 is 0 Å². The highest BCUT2D eigenvalue weighted by molar-refractivity contribution is 5.87. The van der Waals surface area contributed by atoms with E-state index in [1.54, 1.807) is 4.90 Å². The smallest absolute Gasteiger partial charge is 0.414 e. The van der Waals surface area contributed by atoms with E-state index < -0.39 is 0 Å². The molecule has 1 aliphatic rings. The van der Waals surface area contributed by atoms with Gasteiger partial charge in [0.1, 0.15) is 11.9 Å². The number of halogens is 1. The molecule has 1 aliphatic heterocycles. The number of hydrogen-bond donors (Lipinski definition) is 0. The first-order valence-electron chi connectivity index (χ1n) is 10.6. The van der Waals surface area contributed by atoms with Gasteiger partial charge in [-0.25, -0.2) is 4.79 Å². The lowest BCUT2D eigenvalue weighted by Gasteiger charge is -2.30. The number of unbranched alkanes of at least 4 members (excludes halogenated alkanes) is 2. The number of amides is 1. The van der Waals surface area contributed by atoms with Crippen molar-refractivity contribution in [3.63, 3.8) is 0 Å². The molecule has 2 rings (SSSR count). The zero-order valence-electron chi connectivity index (χ0n) is 17.7. The molecule has 1 amide bonds. The molecule has 0 aromatic heterocycles. The van der Waals surface area contributed by atoms with Crippen molar-refractivity contribution in [2.24, 2.45) is 0 Å². The van der Waals surface area contributed by atoms with Gasteiger partial charge in [-0.15, -0.1) is 12.4 Å². The summed E-state index contributed by atoms with van der Waals surface area (Å²) in [6.07, 6.45) is 6.79. The largest absolute Gasteiger partial charge is 0.494 e. The number of rotatable bonds is 10. The quantitative estimate of drug-likeness (QED) is 0.475. The monoisotopic (exact) mass is 412 g/mol. The van der Waals surface area contributed by atoms with Crippen LogP contribution in [0.15, 0.2) is 24.3 Å². The van der Waals surface area contributed by atoms with Crippen molar-refractivity contribution in [3.05, 3.63) is 24.3 Å². The highest BCUT2D eigenvalue weighted by atomic mass is 35.5. The Balaban J connectivity index is 0.00000392. The van der Waals surface area contributed by atoms with Gasteiger partial charge in [0, 0.05) is 19.2 Å². The Morgan fingerprint density at radius 1 is 1.18 bits per heavy atom. The minimum absolute atomic E-state index is 0. The number of carbonyl (C=O) groups excluding carboxylic acids is 1. The van der Waals surface area contributed by atoms with Gasteiger partial charge < -0.3 is 9.47 Å². The Kier molecular flexibility index (Phi) is 12.0. The predicted octanol–water partition coefficient (Wildman–Crippen LogP) is 5.51. The molecule has 0 bridgehead atoms. The molecule has 160 valence electrons. The third-order valence-electron chi connectivity index (χ3n) is 4.95. The van der Waals surface area contributed by atoms with E-state index in [1.165, 1.54) is 32.1 Å². The van der Waals surface area contributed by atoms with Crippen molar-refractivity contribution in [3.8, 4) is 5.75 Å². The van der Waals surface area contributed by atoms with E-state index in [4.69, 9.17) is 9.47 Å². The third kappa shape index (κ3) is 8.27. The van der Waals surface area contributed by atoms with Crippen LogP contribution in [0.2, 0.25) is 0 Å². The van der Waals surface area contributed by atoms with Gasteiger partial charge in [-0.3, -0.25) is 9.80 Å². The molecule has 1 heterocycles. The molecule has 1 saturated heterocycles. The second kappa shape index (κ2) is 13.7. The predicted molar refractivity (Wildman–Crippen MR) is 118 cm³/mol. The second-order valence-electron chi connectivity index (χ2n) is 7.35. The Hall–Kier alpha value is -1.46. The maximum absolute atomic E-state index is 12.7. The van der Waals surface area contributed by atoms with Crippen LogP contribution >= 0.6 is 12.4 Å². The number of piperidine rings is 1. The summed E-state index contributed by atoms with van der Waals surface area (Å²) < 4.78 is 11.5. The zero-order chi connectivity index (χ0) is 19.5. The van der Waals surface area contributed by atoms with E-state index in [0.29, 0.717) is 13.2 Å². The summed E-state index contributed by atoms with van der Waals surface area (Å²) in [5.74, 6) is 0.802. The third-order valence-corrected chi connectivity index (χ3v) is 4.95. The van der Waals surface area contributed by atoms with Crippen LogP contribution in [0.25, 0.3) is 0 Å². The molecule has 1 fully saturated rings. The van der Waals surface area contributed by atoms with E-state index in [2.05, 4.69) is 11.8 Å². The van der Waals surface area contributed by atoms with Crippen LogP contribution in [0, 0.1) is 0 Å². The average molecular weight is 413 g/mol. The van der Waals surface area contributed by atoms with E-state index in [0.717, 1.165) is 37.5 Å². The Bertz CT molecular complexity index is 564. The summed E-state index contributed by atoms with van der Waals surface area (Å²) in [4.78, 5) is 16.7. The van der Waals surface area contributed by atoms with Crippen molar-refractivity contribution in [2.45, 2.75) is 65.4 Å².